The summed E-state index contributed by atoms with van der Waals surface area (Å²) in [6.45, 7) is 5.83. The van der Waals surface area contributed by atoms with Crippen LogP contribution in [-0.2, 0) is 23.1 Å². The monoisotopic (exact) mass is 536 g/mol. The van der Waals surface area contributed by atoms with Crippen LogP contribution in [-0.4, -0.2) is 76.2 Å². The molecule has 0 aromatic carbocycles. The predicted molar refractivity (Wildman–Crippen MR) is 148 cm³/mol. The Balaban J connectivity index is 2.00. The number of methoxy groups -OCH3 is 1. The van der Waals surface area contributed by atoms with Crippen LogP contribution in [0.1, 0.15) is 110 Å². The zero-order chi connectivity index (χ0) is 26.5. The van der Waals surface area contributed by atoms with E-state index in [9.17, 15) is 9.46 Å². The fourth-order valence-corrected chi connectivity index (χ4v) is 5.84. The average Bonchev–Trinajstić information content (AvgIpc) is 2.83. The molecule has 1 rings (SSSR count). The maximum atomic E-state index is 12.4. The van der Waals surface area contributed by atoms with Gasteiger partial charge in [-0.15, -0.1) is 0 Å². The molecule has 0 aromatic rings. The molecule has 1 aliphatic rings. The van der Waals surface area contributed by atoms with E-state index in [0.29, 0.717) is 19.8 Å². The fraction of sp³-hybridized carbons (Fsp3) is 1.00. The number of phosphoric acid groups is 1. The highest BCUT2D eigenvalue weighted by Gasteiger charge is 2.33. The van der Waals surface area contributed by atoms with Crippen molar-refractivity contribution < 1.29 is 32.5 Å². The second kappa shape index (κ2) is 20.9. The smallest absolute Gasteiger partial charge is 0.384 e. The molecule has 0 radical (unpaired) electrons. The van der Waals surface area contributed by atoms with Crippen molar-refractivity contribution in [1.82, 2.24) is 0 Å². The van der Waals surface area contributed by atoms with Gasteiger partial charge in [0, 0.05) is 32.5 Å². The SMILES string of the molecule is CCCCCCCCCCCCCCCCOC[C@@H](COC)COP(=O)(O)OC1CC[N+](C)(C)CC1. The molecule has 1 fully saturated rings. The first-order valence-electron chi connectivity index (χ1n) is 14.8. The Morgan fingerprint density at radius 1 is 0.806 bits per heavy atom. The van der Waals surface area contributed by atoms with E-state index in [2.05, 4.69) is 21.0 Å². The maximum absolute atomic E-state index is 12.4. The van der Waals surface area contributed by atoms with Gasteiger partial charge in [-0.05, 0) is 6.42 Å². The molecule has 0 aliphatic carbocycles. The third-order valence-corrected chi connectivity index (χ3v) is 8.31. The molecule has 0 saturated carbocycles. The number of unbranched alkanes of at least 4 members (excludes halogenated alkanes) is 13. The van der Waals surface area contributed by atoms with Crippen molar-refractivity contribution in [3.05, 3.63) is 0 Å². The van der Waals surface area contributed by atoms with E-state index in [1.165, 1.54) is 83.5 Å². The summed E-state index contributed by atoms with van der Waals surface area (Å²) in [7, 11) is 1.88. The summed E-state index contributed by atoms with van der Waals surface area (Å²) in [5, 5.41) is 0. The van der Waals surface area contributed by atoms with Gasteiger partial charge in [0.15, 0.2) is 0 Å². The van der Waals surface area contributed by atoms with Crippen molar-refractivity contribution in [3.8, 4) is 0 Å². The van der Waals surface area contributed by atoms with Gasteiger partial charge in [0.05, 0.1) is 53.1 Å². The van der Waals surface area contributed by atoms with Crippen LogP contribution in [0.15, 0.2) is 0 Å². The summed E-state index contributed by atoms with van der Waals surface area (Å²) in [5.41, 5.74) is 0. The summed E-state index contributed by atoms with van der Waals surface area (Å²) < 4.78 is 35.1. The Hall–Kier alpha value is -0.0100. The van der Waals surface area contributed by atoms with Gasteiger partial charge in [-0.1, -0.05) is 90.4 Å². The fourth-order valence-electron chi connectivity index (χ4n) is 4.80. The van der Waals surface area contributed by atoms with Gasteiger partial charge in [0.25, 0.3) is 0 Å². The molecular weight excluding hydrogens is 477 g/mol. The Bertz CT molecular complexity index is 552. The zero-order valence-corrected chi connectivity index (χ0v) is 25.0. The Morgan fingerprint density at radius 3 is 1.81 bits per heavy atom. The molecule has 0 bridgehead atoms. The highest BCUT2D eigenvalue weighted by atomic mass is 31.2. The molecule has 8 heteroatoms. The third-order valence-electron chi connectivity index (χ3n) is 7.27. The average molecular weight is 537 g/mol. The van der Waals surface area contributed by atoms with Gasteiger partial charge in [0.1, 0.15) is 0 Å². The first kappa shape index (κ1) is 34.0. The van der Waals surface area contributed by atoms with Crippen LogP contribution in [0.2, 0.25) is 0 Å². The molecule has 1 N–H and O–H groups in total. The van der Waals surface area contributed by atoms with Crippen molar-refractivity contribution in [3.63, 3.8) is 0 Å². The van der Waals surface area contributed by atoms with Crippen LogP contribution in [0.25, 0.3) is 0 Å². The van der Waals surface area contributed by atoms with E-state index in [1.54, 1.807) is 7.11 Å². The molecule has 1 saturated heterocycles. The highest BCUT2D eigenvalue weighted by Crippen LogP contribution is 2.46. The molecular formula is C28H59NO6P+. The van der Waals surface area contributed by atoms with Gasteiger partial charge in [0.2, 0.25) is 0 Å². The van der Waals surface area contributed by atoms with E-state index >= 15 is 0 Å². The van der Waals surface area contributed by atoms with Crippen molar-refractivity contribution in [1.29, 1.82) is 0 Å². The Morgan fingerprint density at radius 2 is 1.31 bits per heavy atom. The Labute approximate surface area is 222 Å². The van der Waals surface area contributed by atoms with Crippen LogP contribution < -0.4 is 0 Å². The number of ether oxygens (including phenoxy) is 2. The highest BCUT2D eigenvalue weighted by molar-refractivity contribution is 7.47. The second-order valence-electron chi connectivity index (χ2n) is 11.4. The second-order valence-corrected chi connectivity index (χ2v) is 12.9. The maximum Gasteiger partial charge on any atom is 0.472 e. The van der Waals surface area contributed by atoms with Crippen molar-refractivity contribution in [2.75, 3.05) is 60.7 Å². The lowest BCUT2D eigenvalue weighted by Crippen LogP contribution is -2.47. The van der Waals surface area contributed by atoms with E-state index < -0.39 is 7.82 Å². The molecule has 1 aliphatic heterocycles. The first-order valence-corrected chi connectivity index (χ1v) is 16.3. The number of quaternary nitrogens is 1. The van der Waals surface area contributed by atoms with Crippen molar-refractivity contribution in [2.45, 2.75) is 116 Å². The molecule has 0 amide bonds. The lowest BCUT2D eigenvalue weighted by atomic mass is 10.0. The number of piperidine rings is 1. The normalized spacial score (nSPS) is 18.8. The number of hydrogen-bond acceptors (Lipinski definition) is 5. The third kappa shape index (κ3) is 19.1. The lowest BCUT2D eigenvalue weighted by molar-refractivity contribution is -0.896. The van der Waals surface area contributed by atoms with Gasteiger partial charge in [-0.25, -0.2) is 4.57 Å². The summed E-state index contributed by atoms with van der Waals surface area (Å²) >= 11 is 0. The summed E-state index contributed by atoms with van der Waals surface area (Å²) in [4.78, 5) is 10.2. The number of nitrogens with zero attached hydrogens (tertiary/aromatic N) is 1. The van der Waals surface area contributed by atoms with Crippen LogP contribution in [0.3, 0.4) is 0 Å². The zero-order valence-electron chi connectivity index (χ0n) is 24.1. The molecule has 2 atom stereocenters. The predicted octanol–water partition coefficient (Wildman–Crippen LogP) is 7.12. The van der Waals surface area contributed by atoms with E-state index in [1.807, 2.05) is 0 Å². The topological polar surface area (TPSA) is 74.2 Å². The van der Waals surface area contributed by atoms with E-state index in [-0.39, 0.29) is 18.6 Å². The largest absolute Gasteiger partial charge is 0.472 e. The number of likely N-dealkylation sites (tertiary alicyclic amines) is 1. The minimum Gasteiger partial charge on any atom is -0.384 e. The minimum absolute atomic E-state index is 0.0901. The van der Waals surface area contributed by atoms with Gasteiger partial charge >= 0.3 is 7.82 Å². The summed E-state index contributed by atoms with van der Waals surface area (Å²) in [6, 6.07) is 0. The van der Waals surface area contributed by atoms with Crippen LogP contribution in [0.5, 0.6) is 0 Å². The lowest BCUT2D eigenvalue weighted by Gasteiger charge is -2.37. The van der Waals surface area contributed by atoms with Gasteiger partial charge in [-0.2, -0.15) is 0 Å². The molecule has 216 valence electrons. The standard InChI is InChI=1S/C28H58NO6P/c1-5-6-7-8-9-10-11-12-13-14-15-16-17-18-23-33-25-27(24-32-4)26-34-36(30,31)35-28-19-21-29(2,3)22-20-28/h27-28H,5-26H2,1-4H3/p+1/t27-/m1/s1. The van der Waals surface area contributed by atoms with Crippen LogP contribution >= 0.6 is 7.82 Å². The van der Waals surface area contributed by atoms with Gasteiger partial charge < -0.3 is 18.9 Å². The molecule has 7 nitrogen and oxygen atoms in total. The quantitative estimate of drug-likeness (QED) is 0.0804. The van der Waals surface area contributed by atoms with E-state index in [4.69, 9.17) is 18.5 Å². The minimum atomic E-state index is -4.07. The van der Waals surface area contributed by atoms with Crippen molar-refractivity contribution >= 4 is 7.82 Å². The molecule has 1 unspecified atom stereocenters. The van der Waals surface area contributed by atoms with E-state index in [0.717, 1.165) is 36.8 Å². The Kier molecular flexibility index (Phi) is 19.7. The number of rotatable bonds is 24. The molecule has 0 spiro atoms. The molecule has 0 aromatic heterocycles. The number of hydrogen-bond donors (Lipinski definition) is 1. The van der Waals surface area contributed by atoms with Crippen LogP contribution in [0.4, 0.5) is 0 Å². The number of phosphoric ester groups is 1. The summed E-state index contributed by atoms with van der Waals surface area (Å²) in [6.07, 6.45) is 20.1. The van der Waals surface area contributed by atoms with Crippen LogP contribution in [0, 0.1) is 5.92 Å². The van der Waals surface area contributed by atoms with Crippen molar-refractivity contribution in [2.24, 2.45) is 5.92 Å². The molecule has 1 heterocycles. The summed E-state index contributed by atoms with van der Waals surface area (Å²) in [5.74, 6) is -0.0901. The van der Waals surface area contributed by atoms with Gasteiger partial charge in [-0.3, -0.25) is 9.05 Å². The first-order chi connectivity index (χ1) is 17.3. The molecule has 36 heavy (non-hydrogen) atoms.